The first-order chi connectivity index (χ1) is 14.1. The number of halogens is 1. The molecule has 1 fully saturated rings. The van der Waals surface area contributed by atoms with Crippen LogP contribution in [-0.4, -0.2) is 27.1 Å². The average Bonchev–Trinajstić information content (AvgIpc) is 3.45. The summed E-state index contributed by atoms with van der Waals surface area (Å²) in [5.41, 5.74) is 6.05. The molecule has 0 N–H and O–H groups in total. The first-order valence-electron chi connectivity index (χ1n) is 10.4. The maximum Gasteiger partial charge on any atom is 0.275 e. The van der Waals surface area contributed by atoms with Gasteiger partial charge >= 0.3 is 0 Å². The molecule has 1 aliphatic heterocycles. The summed E-state index contributed by atoms with van der Waals surface area (Å²) in [6.45, 7) is 2.78. The van der Waals surface area contributed by atoms with Gasteiger partial charge in [-0.2, -0.15) is 5.10 Å². The fraction of sp³-hybridized carbons (Fsp3) is 0.333. The minimum Gasteiger partial charge on any atom is -0.330 e. The van der Waals surface area contributed by atoms with E-state index in [0.717, 1.165) is 54.6 Å². The molecule has 1 atom stereocenters. The predicted molar refractivity (Wildman–Crippen MR) is 110 cm³/mol. The Hall–Kier alpha value is -2.95. The number of benzene rings is 2. The van der Waals surface area contributed by atoms with Gasteiger partial charge in [0, 0.05) is 17.8 Å². The number of nitrogens with zero attached hydrogens (tertiary/aromatic N) is 3. The van der Waals surface area contributed by atoms with Gasteiger partial charge in [0.1, 0.15) is 5.82 Å². The smallest absolute Gasteiger partial charge is 0.275 e. The Balaban J connectivity index is 1.50. The Morgan fingerprint density at radius 3 is 2.55 bits per heavy atom. The predicted octanol–water partition coefficient (Wildman–Crippen LogP) is 4.79. The van der Waals surface area contributed by atoms with Crippen molar-refractivity contribution in [1.82, 2.24) is 14.7 Å². The molecular formula is C24H24FN3O. The highest BCUT2D eigenvalue weighted by Crippen LogP contribution is 2.35. The molecule has 1 amide bonds. The van der Waals surface area contributed by atoms with Gasteiger partial charge in [0.25, 0.3) is 5.91 Å². The molecule has 4 nitrogen and oxygen atoms in total. The number of rotatable bonds is 3. The quantitative estimate of drug-likeness (QED) is 0.646. The summed E-state index contributed by atoms with van der Waals surface area (Å²) in [5.74, 6) is -0.250. The number of carbonyl (C=O) groups is 1. The van der Waals surface area contributed by atoms with Crippen LogP contribution in [0.3, 0.4) is 0 Å². The number of hydrogen-bond acceptors (Lipinski definition) is 2. The molecular weight excluding hydrogens is 365 g/mol. The number of hydrogen-bond donors (Lipinski definition) is 0. The molecule has 29 heavy (non-hydrogen) atoms. The third-order valence-corrected chi connectivity index (χ3v) is 6.18. The van der Waals surface area contributed by atoms with Crippen LogP contribution in [0.4, 0.5) is 4.39 Å². The zero-order chi connectivity index (χ0) is 20.0. The lowest BCUT2D eigenvalue weighted by Crippen LogP contribution is -2.31. The van der Waals surface area contributed by atoms with Crippen LogP contribution in [0.2, 0.25) is 0 Å². The van der Waals surface area contributed by atoms with E-state index < -0.39 is 0 Å². The van der Waals surface area contributed by atoms with Gasteiger partial charge in [-0.15, -0.1) is 0 Å². The third kappa shape index (κ3) is 3.15. The molecule has 2 aromatic carbocycles. The molecule has 0 bridgehead atoms. The normalized spacial score (nSPS) is 18.3. The third-order valence-electron chi connectivity index (χ3n) is 6.18. The van der Waals surface area contributed by atoms with Crippen LogP contribution in [0.5, 0.6) is 0 Å². The largest absolute Gasteiger partial charge is 0.330 e. The van der Waals surface area contributed by atoms with E-state index in [1.54, 1.807) is 12.1 Å². The van der Waals surface area contributed by atoms with Crippen molar-refractivity contribution < 1.29 is 9.18 Å². The zero-order valence-corrected chi connectivity index (χ0v) is 16.6. The van der Waals surface area contributed by atoms with Gasteiger partial charge in [-0.25, -0.2) is 9.07 Å². The molecule has 0 spiro atoms. The van der Waals surface area contributed by atoms with Crippen LogP contribution in [0.15, 0.2) is 48.5 Å². The van der Waals surface area contributed by atoms with Crippen LogP contribution < -0.4 is 0 Å². The van der Waals surface area contributed by atoms with Gasteiger partial charge in [0.2, 0.25) is 0 Å². The minimum absolute atomic E-state index is 0.000775. The maximum atomic E-state index is 13.5. The molecule has 2 heterocycles. The Morgan fingerprint density at radius 1 is 1.03 bits per heavy atom. The zero-order valence-electron chi connectivity index (χ0n) is 16.6. The van der Waals surface area contributed by atoms with Crippen molar-refractivity contribution in [3.8, 4) is 5.69 Å². The molecule has 0 radical (unpaired) electrons. The SMILES string of the molecule is Cc1ccc(-n2nc(C(=O)N3CCCC3c3ccc(F)cc3)c3c2CCC3)cc1. The number of aromatic nitrogens is 2. The van der Waals surface area contributed by atoms with Crippen molar-refractivity contribution in [1.29, 1.82) is 0 Å². The lowest BCUT2D eigenvalue weighted by Gasteiger charge is -2.24. The van der Waals surface area contributed by atoms with E-state index in [1.807, 2.05) is 9.58 Å². The lowest BCUT2D eigenvalue weighted by molar-refractivity contribution is 0.0728. The van der Waals surface area contributed by atoms with Gasteiger partial charge in [0.15, 0.2) is 5.69 Å². The average molecular weight is 389 g/mol. The minimum atomic E-state index is -0.251. The van der Waals surface area contributed by atoms with Crippen molar-refractivity contribution in [3.05, 3.63) is 82.4 Å². The number of fused-ring (bicyclic) bond motifs is 1. The van der Waals surface area contributed by atoms with Crippen LogP contribution in [0.1, 0.15) is 58.2 Å². The summed E-state index contributed by atoms with van der Waals surface area (Å²) < 4.78 is 15.3. The molecule has 5 heteroatoms. The summed E-state index contributed by atoms with van der Waals surface area (Å²) in [5, 5.41) is 4.78. The molecule has 3 aromatic rings. The van der Waals surface area contributed by atoms with Crippen LogP contribution in [0.25, 0.3) is 5.69 Å². The van der Waals surface area contributed by atoms with Crippen molar-refractivity contribution in [2.24, 2.45) is 0 Å². The molecule has 1 saturated heterocycles. The van der Waals surface area contributed by atoms with Gasteiger partial charge < -0.3 is 4.90 Å². The lowest BCUT2D eigenvalue weighted by atomic mass is 10.0. The first kappa shape index (κ1) is 18.1. The monoisotopic (exact) mass is 389 g/mol. The second-order valence-corrected chi connectivity index (χ2v) is 8.08. The Bertz CT molecular complexity index is 1050. The van der Waals surface area contributed by atoms with Crippen molar-refractivity contribution >= 4 is 5.91 Å². The van der Waals surface area contributed by atoms with E-state index in [9.17, 15) is 9.18 Å². The maximum absolute atomic E-state index is 13.5. The van der Waals surface area contributed by atoms with Crippen molar-refractivity contribution in [2.45, 2.75) is 45.1 Å². The van der Waals surface area contributed by atoms with E-state index in [0.29, 0.717) is 12.2 Å². The standard InChI is InChI=1S/C24H24FN3O/c1-16-7-13-19(14-8-16)28-22-5-2-4-20(22)23(26-28)24(29)27-15-3-6-21(27)17-9-11-18(25)12-10-17/h7-14,21H,2-6,15H2,1H3. The number of aryl methyl sites for hydroxylation is 1. The number of likely N-dealkylation sites (tertiary alicyclic amines) is 1. The molecule has 1 aliphatic carbocycles. The molecule has 2 aliphatic rings. The van der Waals surface area contributed by atoms with E-state index in [2.05, 4.69) is 31.2 Å². The van der Waals surface area contributed by atoms with Crippen LogP contribution in [-0.2, 0) is 12.8 Å². The Labute approximate surface area is 170 Å². The highest BCUT2D eigenvalue weighted by Gasteiger charge is 2.35. The van der Waals surface area contributed by atoms with E-state index in [1.165, 1.54) is 17.7 Å². The molecule has 1 unspecified atom stereocenters. The van der Waals surface area contributed by atoms with Crippen LogP contribution in [0, 0.1) is 12.7 Å². The van der Waals surface area contributed by atoms with E-state index >= 15 is 0 Å². The summed E-state index contributed by atoms with van der Waals surface area (Å²) in [6.07, 6.45) is 4.76. The fourth-order valence-corrected chi connectivity index (χ4v) is 4.69. The molecule has 5 rings (SSSR count). The number of carbonyl (C=O) groups excluding carboxylic acids is 1. The molecule has 0 saturated carbocycles. The van der Waals surface area contributed by atoms with E-state index in [-0.39, 0.29) is 17.8 Å². The summed E-state index contributed by atoms with van der Waals surface area (Å²) in [7, 11) is 0. The van der Waals surface area contributed by atoms with Crippen molar-refractivity contribution in [2.75, 3.05) is 6.54 Å². The van der Waals surface area contributed by atoms with Crippen molar-refractivity contribution in [3.63, 3.8) is 0 Å². The topological polar surface area (TPSA) is 38.1 Å². The highest BCUT2D eigenvalue weighted by molar-refractivity contribution is 5.94. The second kappa shape index (κ2) is 7.14. The summed E-state index contributed by atoms with van der Waals surface area (Å²) in [6, 6.07) is 14.8. The summed E-state index contributed by atoms with van der Waals surface area (Å²) in [4.78, 5) is 15.5. The van der Waals surface area contributed by atoms with Gasteiger partial charge in [-0.1, -0.05) is 29.8 Å². The Morgan fingerprint density at radius 2 is 1.79 bits per heavy atom. The van der Waals surface area contributed by atoms with Gasteiger partial charge in [-0.05, 0) is 68.9 Å². The van der Waals surface area contributed by atoms with Crippen LogP contribution >= 0.6 is 0 Å². The summed E-state index contributed by atoms with van der Waals surface area (Å²) >= 11 is 0. The first-order valence-corrected chi connectivity index (χ1v) is 10.4. The molecule has 148 valence electrons. The molecule has 1 aromatic heterocycles. The van der Waals surface area contributed by atoms with E-state index in [4.69, 9.17) is 5.10 Å². The Kier molecular flexibility index (Phi) is 4.46. The van der Waals surface area contributed by atoms with Gasteiger partial charge in [-0.3, -0.25) is 4.79 Å². The highest BCUT2D eigenvalue weighted by atomic mass is 19.1. The van der Waals surface area contributed by atoms with Gasteiger partial charge in [0.05, 0.1) is 11.7 Å². The second-order valence-electron chi connectivity index (χ2n) is 8.08. The fourth-order valence-electron chi connectivity index (χ4n) is 4.69. The number of amides is 1.